The maximum absolute atomic E-state index is 11.5. The van der Waals surface area contributed by atoms with Crippen molar-refractivity contribution < 1.29 is 14.3 Å². The normalized spacial score (nSPS) is 10.5. The van der Waals surface area contributed by atoms with Crippen molar-refractivity contribution in [1.29, 1.82) is 0 Å². The van der Waals surface area contributed by atoms with E-state index in [0.29, 0.717) is 12.1 Å². The van der Waals surface area contributed by atoms with Gasteiger partial charge in [-0.1, -0.05) is 6.92 Å². The highest BCUT2D eigenvalue weighted by Gasteiger charge is 2.12. The van der Waals surface area contributed by atoms with E-state index in [4.69, 9.17) is 9.47 Å². The van der Waals surface area contributed by atoms with E-state index in [1.165, 1.54) is 7.11 Å². The lowest BCUT2D eigenvalue weighted by Crippen LogP contribution is -2.34. The number of nitrogens with one attached hydrogen (secondary N) is 1. The Bertz CT molecular complexity index is 403. The van der Waals surface area contributed by atoms with Crippen LogP contribution in [0.5, 0.6) is 5.75 Å². The van der Waals surface area contributed by atoms with E-state index in [-0.39, 0.29) is 5.97 Å². The molecule has 0 radical (unpaired) electrons. The maximum atomic E-state index is 11.5. The molecule has 0 aromatic heterocycles. The van der Waals surface area contributed by atoms with Gasteiger partial charge in [0.25, 0.3) is 0 Å². The third kappa shape index (κ3) is 3.45. The van der Waals surface area contributed by atoms with Crippen LogP contribution in [-0.4, -0.2) is 38.8 Å². The third-order valence-corrected chi connectivity index (χ3v) is 2.76. The number of rotatable bonds is 6. The summed E-state index contributed by atoms with van der Waals surface area (Å²) in [6.07, 6.45) is 0. The number of nitrogens with zero attached hydrogens (tertiary/aromatic N) is 1. The molecule has 100 valence electrons. The monoisotopic (exact) mass is 252 g/mol. The first kappa shape index (κ1) is 14.5. The summed E-state index contributed by atoms with van der Waals surface area (Å²) in [5, 5.41) is 2.01. The fraction of sp³-hybridized carbons (Fsp3) is 0.462. The minimum Gasteiger partial charge on any atom is -0.496 e. The number of carbonyl (C=O) groups excluding carboxylic acids is 1. The zero-order chi connectivity index (χ0) is 13.5. The second-order valence-electron chi connectivity index (χ2n) is 3.76. The van der Waals surface area contributed by atoms with E-state index < -0.39 is 0 Å². The number of hydrogen-bond acceptors (Lipinski definition) is 5. The molecule has 0 bridgehead atoms. The molecule has 18 heavy (non-hydrogen) atoms. The van der Waals surface area contributed by atoms with Crippen LogP contribution >= 0.6 is 0 Å². The number of ether oxygens (including phenoxy) is 2. The van der Waals surface area contributed by atoms with Gasteiger partial charge < -0.3 is 9.47 Å². The number of hydrazine groups is 1. The van der Waals surface area contributed by atoms with Crippen molar-refractivity contribution in [1.82, 2.24) is 10.4 Å². The van der Waals surface area contributed by atoms with Crippen LogP contribution in [-0.2, 0) is 11.3 Å². The van der Waals surface area contributed by atoms with Crippen LogP contribution in [0.15, 0.2) is 18.2 Å². The molecule has 0 atom stereocenters. The van der Waals surface area contributed by atoms with Crippen LogP contribution in [0.2, 0.25) is 0 Å². The minimum absolute atomic E-state index is 0.341. The smallest absolute Gasteiger partial charge is 0.337 e. The van der Waals surface area contributed by atoms with Gasteiger partial charge >= 0.3 is 5.97 Å². The van der Waals surface area contributed by atoms with Crippen LogP contribution in [0, 0.1) is 0 Å². The minimum atomic E-state index is -0.341. The van der Waals surface area contributed by atoms with E-state index in [2.05, 4.69) is 5.43 Å². The number of benzene rings is 1. The summed E-state index contributed by atoms with van der Waals surface area (Å²) in [5.74, 6) is 0.419. The summed E-state index contributed by atoms with van der Waals surface area (Å²) in [6.45, 7) is 3.55. The molecular formula is C13H20N2O3. The summed E-state index contributed by atoms with van der Waals surface area (Å²) in [5.41, 5.74) is 4.55. The Hall–Kier alpha value is -1.59. The molecule has 5 nitrogen and oxygen atoms in total. The summed E-state index contributed by atoms with van der Waals surface area (Å²) in [7, 11) is 4.85. The summed E-state index contributed by atoms with van der Waals surface area (Å²) in [6, 6.07) is 5.28. The van der Waals surface area contributed by atoms with Crippen molar-refractivity contribution in [2.75, 3.05) is 27.8 Å². The van der Waals surface area contributed by atoms with Crippen molar-refractivity contribution >= 4 is 5.97 Å². The van der Waals surface area contributed by atoms with Crippen LogP contribution in [0.4, 0.5) is 0 Å². The molecule has 0 aliphatic carbocycles. The molecule has 1 aromatic rings. The molecule has 0 amide bonds. The predicted octanol–water partition coefficient (Wildman–Crippen LogP) is 1.44. The molecule has 0 aliphatic rings. The quantitative estimate of drug-likeness (QED) is 0.613. The molecular weight excluding hydrogens is 232 g/mol. The van der Waals surface area contributed by atoms with E-state index >= 15 is 0 Å². The zero-order valence-corrected chi connectivity index (χ0v) is 11.3. The van der Waals surface area contributed by atoms with Gasteiger partial charge in [0.1, 0.15) is 5.75 Å². The van der Waals surface area contributed by atoms with E-state index in [1.807, 2.05) is 19.0 Å². The van der Waals surface area contributed by atoms with E-state index in [0.717, 1.165) is 17.9 Å². The van der Waals surface area contributed by atoms with Crippen molar-refractivity contribution in [3.63, 3.8) is 0 Å². The van der Waals surface area contributed by atoms with Crippen molar-refractivity contribution in [2.24, 2.45) is 0 Å². The van der Waals surface area contributed by atoms with Crippen molar-refractivity contribution in [2.45, 2.75) is 13.5 Å². The Morgan fingerprint density at radius 1 is 1.39 bits per heavy atom. The van der Waals surface area contributed by atoms with Gasteiger partial charge in [-0.15, -0.1) is 0 Å². The lowest BCUT2D eigenvalue weighted by Gasteiger charge is -2.20. The first-order valence-electron chi connectivity index (χ1n) is 5.83. The number of carbonyl (C=O) groups is 1. The molecule has 0 spiro atoms. The third-order valence-electron chi connectivity index (χ3n) is 2.76. The highest BCUT2D eigenvalue weighted by atomic mass is 16.5. The molecule has 0 unspecified atom stereocenters. The highest BCUT2D eigenvalue weighted by Crippen LogP contribution is 2.21. The largest absolute Gasteiger partial charge is 0.496 e. The van der Waals surface area contributed by atoms with Crippen LogP contribution in [0.25, 0.3) is 0 Å². The molecule has 1 aromatic carbocycles. The van der Waals surface area contributed by atoms with Gasteiger partial charge in [0, 0.05) is 18.7 Å². The molecule has 0 saturated carbocycles. The lowest BCUT2D eigenvalue weighted by molar-refractivity contribution is 0.0600. The molecule has 1 rings (SSSR count). The Labute approximate surface area is 108 Å². The van der Waals surface area contributed by atoms with Gasteiger partial charge in [-0.2, -0.15) is 0 Å². The Balaban J connectivity index is 3.02. The van der Waals surface area contributed by atoms with E-state index in [9.17, 15) is 4.79 Å². The first-order valence-corrected chi connectivity index (χ1v) is 5.83. The number of methoxy groups -OCH3 is 2. The number of esters is 1. The second kappa shape index (κ2) is 6.98. The average molecular weight is 252 g/mol. The number of hydrogen-bond donors (Lipinski definition) is 1. The average Bonchev–Trinajstić information content (AvgIpc) is 2.43. The molecule has 1 N–H and O–H groups in total. The van der Waals surface area contributed by atoms with Gasteiger partial charge in [0.2, 0.25) is 0 Å². The fourth-order valence-corrected chi connectivity index (χ4v) is 1.70. The summed E-state index contributed by atoms with van der Waals surface area (Å²) >= 11 is 0. The van der Waals surface area contributed by atoms with Crippen molar-refractivity contribution in [3.8, 4) is 5.75 Å². The van der Waals surface area contributed by atoms with Crippen LogP contribution in [0.1, 0.15) is 22.8 Å². The van der Waals surface area contributed by atoms with Crippen LogP contribution in [0.3, 0.4) is 0 Å². The predicted molar refractivity (Wildman–Crippen MR) is 69.5 cm³/mol. The molecule has 0 saturated heterocycles. The van der Waals surface area contributed by atoms with Crippen LogP contribution < -0.4 is 10.2 Å². The highest BCUT2D eigenvalue weighted by molar-refractivity contribution is 5.89. The molecule has 5 heteroatoms. The van der Waals surface area contributed by atoms with Gasteiger partial charge in [-0.25, -0.2) is 9.80 Å². The zero-order valence-electron chi connectivity index (χ0n) is 11.3. The Morgan fingerprint density at radius 2 is 2.11 bits per heavy atom. The molecule has 0 aliphatic heterocycles. The van der Waals surface area contributed by atoms with Crippen molar-refractivity contribution in [3.05, 3.63) is 29.3 Å². The van der Waals surface area contributed by atoms with Gasteiger partial charge in [0.05, 0.1) is 19.8 Å². The lowest BCUT2D eigenvalue weighted by atomic mass is 10.1. The summed E-state index contributed by atoms with van der Waals surface area (Å²) < 4.78 is 10.0. The maximum Gasteiger partial charge on any atom is 0.337 e. The second-order valence-corrected chi connectivity index (χ2v) is 3.76. The first-order chi connectivity index (χ1) is 8.65. The molecule has 0 fully saturated rings. The Kier molecular flexibility index (Phi) is 5.61. The topological polar surface area (TPSA) is 50.8 Å². The Morgan fingerprint density at radius 3 is 2.61 bits per heavy atom. The SMILES string of the molecule is CCN(Cc1cc(C(=O)OC)ccc1OC)NC. The fourth-order valence-electron chi connectivity index (χ4n) is 1.70. The van der Waals surface area contributed by atoms with Gasteiger partial charge in [0.15, 0.2) is 0 Å². The standard InChI is InChI=1S/C13H20N2O3/c1-5-15(14-2)9-11-8-10(13(16)18-4)6-7-12(11)17-3/h6-8,14H,5,9H2,1-4H3. The van der Waals surface area contributed by atoms with Gasteiger partial charge in [-0.05, 0) is 25.2 Å². The summed E-state index contributed by atoms with van der Waals surface area (Å²) in [4.78, 5) is 11.5. The molecule has 0 heterocycles. The van der Waals surface area contributed by atoms with Gasteiger partial charge in [-0.3, -0.25) is 5.43 Å². The van der Waals surface area contributed by atoms with E-state index in [1.54, 1.807) is 25.3 Å².